The number of carbonyl (C=O) groups is 1. The average Bonchev–Trinajstić information content (AvgIpc) is 2.34. The third kappa shape index (κ3) is 5.75. The molecular weight excluding hydrogens is 220 g/mol. The van der Waals surface area contributed by atoms with Gasteiger partial charge in [0.25, 0.3) is 0 Å². The molecule has 0 radical (unpaired) electrons. The van der Waals surface area contributed by atoms with E-state index in [0.717, 1.165) is 38.9 Å². The van der Waals surface area contributed by atoms with Gasteiger partial charge in [0, 0.05) is 13.1 Å². The highest BCUT2D eigenvalue weighted by Gasteiger charge is 2.19. The van der Waals surface area contributed by atoms with E-state index in [1.807, 2.05) is 11.8 Å². The molecular formula is C12H24N2OS. The van der Waals surface area contributed by atoms with E-state index in [-0.39, 0.29) is 11.8 Å². The predicted octanol–water partition coefficient (Wildman–Crippen LogP) is 1.64. The number of rotatable bonds is 7. The molecule has 0 aromatic rings. The fraction of sp³-hybridized carbons (Fsp3) is 0.917. The second-order valence-corrected chi connectivity index (χ2v) is 5.37. The van der Waals surface area contributed by atoms with Crippen LogP contribution in [-0.4, -0.2) is 37.6 Å². The van der Waals surface area contributed by atoms with E-state index < -0.39 is 0 Å². The summed E-state index contributed by atoms with van der Waals surface area (Å²) in [5, 5.41) is 6.31. The van der Waals surface area contributed by atoms with Gasteiger partial charge in [0.15, 0.2) is 0 Å². The Hall–Kier alpha value is -0.220. The minimum Gasteiger partial charge on any atom is -0.356 e. The van der Waals surface area contributed by atoms with Crippen molar-refractivity contribution in [3.8, 4) is 0 Å². The summed E-state index contributed by atoms with van der Waals surface area (Å²) in [6.45, 7) is 2.78. The number of piperidine rings is 1. The van der Waals surface area contributed by atoms with Gasteiger partial charge in [0.2, 0.25) is 5.91 Å². The Kier molecular flexibility index (Phi) is 7.68. The summed E-state index contributed by atoms with van der Waals surface area (Å²) >= 11 is 1.89. The van der Waals surface area contributed by atoms with Crippen LogP contribution in [0.2, 0.25) is 0 Å². The van der Waals surface area contributed by atoms with Crippen molar-refractivity contribution in [2.24, 2.45) is 5.92 Å². The van der Waals surface area contributed by atoms with E-state index >= 15 is 0 Å². The zero-order chi connectivity index (χ0) is 11.6. The molecule has 1 amide bonds. The molecule has 16 heavy (non-hydrogen) atoms. The summed E-state index contributed by atoms with van der Waals surface area (Å²) in [5.74, 6) is 1.69. The minimum absolute atomic E-state index is 0.208. The number of hydrogen-bond acceptors (Lipinski definition) is 3. The summed E-state index contributed by atoms with van der Waals surface area (Å²) in [6, 6.07) is 0. The predicted molar refractivity (Wildman–Crippen MR) is 70.8 cm³/mol. The maximum Gasteiger partial charge on any atom is 0.224 e. The summed E-state index contributed by atoms with van der Waals surface area (Å²) in [5.41, 5.74) is 0. The van der Waals surface area contributed by atoms with E-state index in [1.165, 1.54) is 18.6 Å². The van der Waals surface area contributed by atoms with Gasteiger partial charge in [-0.3, -0.25) is 4.79 Å². The molecule has 1 aliphatic rings. The standard InChI is InChI=1S/C12H24N2OS/c1-16-9-4-2-3-8-14-12(15)11-6-5-7-13-10-11/h11,13H,2-10H2,1H3,(H,14,15). The van der Waals surface area contributed by atoms with E-state index in [0.29, 0.717) is 0 Å². The van der Waals surface area contributed by atoms with Gasteiger partial charge in [-0.2, -0.15) is 11.8 Å². The first kappa shape index (κ1) is 13.8. The number of hydrogen-bond donors (Lipinski definition) is 2. The highest BCUT2D eigenvalue weighted by molar-refractivity contribution is 7.98. The Morgan fingerprint density at radius 2 is 2.31 bits per heavy atom. The first-order chi connectivity index (χ1) is 7.84. The maximum absolute atomic E-state index is 11.7. The van der Waals surface area contributed by atoms with Gasteiger partial charge in [-0.25, -0.2) is 0 Å². The van der Waals surface area contributed by atoms with E-state index in [2.05, 4.69) is 16.9 Å². The number of unbranched alkanes of at least 4 members (excludes halogenated alkanes) is 2. The molecule has 1 saturated heterocycles. The van der Waals surface area contributed by atoms with Crippen molar-refractivity contribution in [1.29, 1.82) is 0 Å². The summed E-state index contributed by atoms with van der Waals surface area (Å²) in [7, 11) is 0. The lowest BCUT2D eigenvalue weighted by Crippen LogP contribution is -2.40. The third-order valence-electron chi connectivity index (χ3n) is 2.99. The molecule has 94 valence electrons. The lowest BCUT2D eigenvalue weighted by molar-refractivity contribution is -0.125. The van der Waals surface area contributed by atoms with Crippen LogP contribution in [-0.2, 0) is 4.79 Å². The average molecular weight is 244 g/mol. The molecule has 1 unspecified atom stereocenters. The fourth-order valence-corrected chi connectivity index (χ4v) is 2.47. The van der Waals surface area contributed by atoms with E-state index in [4.69, 9.17) is 0 Å². The Morgan fingerprint density at radius 1 is 1.44 bits per heavy atom. The van der Waals surface area contributed by atoms with Crippen molar-refractivity contribution in [1.82, 2.24) is 10.6 Å². The van der Waals surface area contributed by atoms with E-state index in [9.17, 15) is 4.79 Å². The molecule has 0 bridgehead atoms. The zero-order valence-electron chi connectivity index (χ0n) is 10.3. The van der Waals surface area contributed by atoms with Crippen LogP contribution in [0.4, 0.5) is 0 Å². The summed E-state index contributed by atoms with van der Waals surface area (Å²) < 4.78 is 0. The second-order valence-electron chi connectivity index (χ2n) is 4.39. The topological polar surface area (TPSA) is 41.1 Å². The van der Waals surface area contributed by atoms with Crippen LogP contribution >= 0.6 is 11.8 Å². The van der Waals surface area contributed by atoms with Gasteiger partial charge < -0.3 is 10.6 Å². The molecule has 0 aromatic carbocycles. The van der Waals surface area contributed by atoms with Crippen molar-refractivity contribution in [3.05, 3.63) is 0 Å². The molecule has 1 atom stereocenters. The normalized spacial score (nSPS) is 20.7. The van der Waals surface area contributed by atoms with Crippen molar-refractivity contribution in [2.45, 2.75) is 32.1 Å². The number of nitrogens with one attached hydrogen (secondary N) is 2. The highest BCUT2D eigenvalue weighted by atomic mass is 32.2. The van der Waals surface area contributed by atoms with Crippen LogP contribution < -0.4 is 10.6 Å². The number of amides is 1. The van der Waals surface area contributed by atoms with E-state index in [1.54, 1.807) is 0 Å². The number of carbonyl (C=O) groups excluding carboxylic acids is 1. The van der Waals surface area contributed by atoms with Crippen LogP contribution in [0.1, 0.15) is 32.1 Å². The minimum atomic E-state index is 0.208. The lowest BCUT2D eigenvalue weighted by atomic mass is 9.99. The lowest BCUT2D eigenvalue weighted by Gasteiger charge is -2.21. The van der Waals surface area contributed by atoms with Crippen LogP contribution in [0, 0.1) is 5.92 Å². The molecule has 0 spiro atoms. The molecule has 4 heteroatoms. The third-order valence-corrected chi connectivity index (χ3v) is 3.69. The Bertz CT molecular complexity index is 193. The van der Waals surface area contributed by atoms with Gasteiger partial charge in [-0.15, -0.1) is 0 Å². The van der Waals surface area contributed by atoms with Crippen molar-refractivity contribution >= 4 is 17.7 Å². The Morgan fingerprint density at radius 3 is 3.00 bits per heavy atom. The molecule has 0 aliphatic carbocycles. The van der Waals surface area contributed by atoms with Gasteiger partial charge >= 0.3 is 0 Å². The fourth-order valence-electron chi connectivity index (χ4n) is 1.98. The van der Waals surface area contributed by atoms with Crippen LogP contribution in [0.15, 0.2) is 0 Å². The van der Waals surface area contributed by atoms with Crippen LogP contribution in [0.5, 0.6) is 0 Å². The van der Waals surface area contributed by atoms with Gasteiger partial charge in [0.1, 0.15) is 0 Å². The summed E-state index contributed by atoms with van der Waals surface area (Å²) in [4.78, 5) is 11.7. The molecule has 0 saturated carbocycles. The smallest absolute Gasteiger partial charge is 0.224 e. The molecule has 2 N–H and O–H groups in total. The first-order valence-corrected chi connectivity index (χ1v) is 7.71. The first-order valence-electron chi connectivity index (χ1n) is 6.32. The maximum atomic E-state index is 11.7. The van der Waals surface area contributed by atoms with Crippen molar-refractivity contribution in [2.75, 3.05) is 31.6 Å². The summed E-state index contributed by atoms with van der Waals surface area (Å²) in [6.07, 6.45) is 7.92. The zero-order valence-corrected chi connectivity index (χ0v) is 11.1. The highest BCUT2D eigenvalue weighted by Crippen LogP contribution is 2.09. The molecule has 3 nitrogen and oxygen atoms in total. The van der Waals surface area contributed by atoms with Crippen molar-refractivity contribution < 1.29 is 4.79 Å². The van der Waals surface area contributed by atoms with Gasteiger partial charge in [0.05, 0.1) is 5.92 Å². The second kappa shape index (κ2) is 8.88. The van der Waals surface area contributed by atoms with Gasteiger partial charge in [-0.05, 0) is 44.2 Å². The Labute approximate surface area is 103 Å². The molecule has 1 fully saturated rings. The largest absolute Gasteiger partial charge is 0.356 e. The quantitative estimate of drug-likeness (QED) is 0.669. The van der Waals surface area contributed by atoms with Gasteiger partial charge in [-0.1, -0.05) is 6.42 Å². The van der Waals surface area contributed by atoms with Crippen LogP contribution in [0.3, 0.4) is 0 Å². The van der Waals surface area contributed by atoms with Crippen molar-refractivity contribution in [3.63, 3.8) is 0 Å². The van der Waals surface area contributed by atoms with Crippen LogP contribution in [0.25, 0.3) is 0 Å². The SMILES string of the molecule is CSCCCCCNC(=O)C1CCCNC1. The number of thioether (sulfide) groups is 1. The Balaban J connectivity index is 1.97. The molecule has 1 rings (SSSR count). The molecule has 1 heterocycles. The molecule has 1 aliphatic heterocycles. The molecule has 0 aromatic heterocycles. The monoisotopic (exact) mass is 244 g/mol.